The Morgan fingerprint density at radius 2 is 1.95 bits per heavy atom. The molecule has 1 aromatic heterocycles. The molecule has 1 aliphatic rings. The topological polar surface area (TPSA) is 83.6 Å². The van der Waals surface area contributed by atoms with Gasteiger partial charge in [0.25, 0.3) is 5.91 Å². The Labute approximate surface area is 127 Å². The zero-order chi connectivity index (χ0) is 15.9. The smallest absolute Gasteiger partial charge is 0.335 e. The highest BCUT2D eigenvalue weighted by Gasteiger charge is 2.27. The third kappa shape index (κ3) is 2.47. The van der Waals surface area contributed by atoms with Crippen LogP contribution in [0.1, 0.15) is 57.5 Å². The predicted octanol–water partition coefficient (Wildman–Crippen LogP) is 2.65. The van der Waals surface area contributed by atoms with Crippen LogP contribution in [0.5, 0.6) is 0 Å². The van der Waals surface area contributed by atoms with Gasteiger partial charge in [-0.1, -0.05) is 25.1 Å². The fourth-order valence-corrected chi connectivity index (χ4v) is 2.50. The van der Waals surface area contributed by atoms with Crippen LogP contribution in [0.4, 0.5) is 0 Å². The first-order valence-electron chi connectivity index (χ1n) is 7.06. The molecule has 22 heavy (non-hydrogen) atoms. The van der Waals surface area contributed by atoms with Crippen molar-refractivity contribution in [3.05, 3.63) is 52.4 Å². The summed E-state index contributed by atoms with van der Waals surface area (Å²) in [6, 6.07) is 6.60. The van der Waals surface area contributed by atoms with E-state index in [1.165, 1.54) is 0 Å². The van der Waals surface area contributed by atoms with Gasteiger partial charge < -0.3 is 14.5 Å². The lowest BCUT2D eigenvalue weighted by molar-refractivity contribution is 0.0696. The van der Waals surface area contributed by atoms with E-state index in [1.807, 2.05) is 13.8 Å². The lowest BCUT2D eigenvalue weighted by Gasteiger charge is -2.12. The maximum atomic E-state index is 12.5. The van der Waals surface area contributed by atoms with Crippen molar-refractivity contribution in [2.24, 2.45) is 0 Å². The van der Waals surface area contributed by atoms with Gasteiger partial charge in [0.05, 0.1) is 5.56 Å². The van der Waals surface area contributed by atoms with E-state index in [0.717, 1.165) is 11.1 Å². The molecule has 0 saturated carbocycles. The molecule has 3 rings (SSSR count). The molecule has 0 radical (unpaired) electrons. The maximum absolute atomic E-state index is 12.5. The van der Waals surface area contributed by atoms with E-state index in [4.69, 9.17) is 9.63 Å². The Morgan fingerprint density at radius 1 is 1.23 bits per heavy atom. The first kappa shape index (κ1) is 14.3. The number of hydrogen-bond donors (Lipinski definition) is 1. The Morgan fingerprint density at radius 3 is 2.59 bits per heavy atom. The van der Waals surface area contributed by atoms with Crippen LogP contribution in [-0.2, 0) is 13.1 Å². The number of nitrogens with zero attached hydrogens (tertiary/aromatic N) is 2. The summed E-state index contributed by atoms with van der Waals surface area (Å²) < 4.78 is 5.16. The first-order chi connectivity index (χ1) is 10.5. The summed E-state index contributed by atoms with van der Waals surface area (Å²) in [6.45, 7) is 4.78. The molecule has 2 aromatic rings. The average molecular weight is 300 g/mol. The molecule has 6 nitrogen and oxygen atoms in total. The van der Waals surface area contributed by atoms with E-state index in [9.17, 15) is 9.59 Å². The van der Waals surface area contributed by atoms with Crippen LogP contribution < -0.4 is 0 Å². The number of fused-ring (bicyclic) bond motifs is 1. The second-order valence-corrected chi connectivity index (χ2v) is 5.72. The van der Waals surface area contributed by atoms with Gasteiger partial charge in [-0.25, -0.2) is 4.79 Å². The van der Waals surface area contributed by atoms with Crippen LogP contribution in [0, 0.1) is 0 Å². The standard InChI is InChI=1S/C16H16N2O4/c1-9(2)14-6-13(17-22-14)15(19)18-7-11-4-3-10(16(20)21)5-12(11)8-18/h3-6,9H,7-8H2,1-2H3,(H,20,21). The summed E-state index contributed by atoms with van der Waals surface area (Å²) in [5.41, 5.74) is 2.35. The SMILES string of the molecule is CC(C)c1cc(C(=O)N2Cc3ccc(C(=O)O)cc3C2)no1. The Kier molecular flexibility index (Phi) is 3.44. The van der Waals surface area contributed by atoms with Gasteiger partial charge in [-0.15, -0.1) is 0 Å². The molecule has 0 bridgehead atoms. The van der Waals surface area contributed by atoms with Crippen molar-refractivity contribution >= 4 is 11.9 Å². The fraction of sp³-hybridized carbons (Fsp3) is 0.312. The average Bonchev–Trinajstić information content (AvgIpc) is 3.12. The Bertz CT molecular complexity index is 748. The molecule has 1 aromatic carbocycles. The van der Waals surface area contributed by atoms with Gasteiger partial charge in [0.1, 0.15) is 5.76 Å². The van der Waals surface area contributed by atoms with Gasteiger partial charge in [0.15, 0.2) is 5.69 Å². The van der Waals surface area contributed by atoms with Gasteiger partial charge in [0, 0.05) is 25.1 Å². The number of aromatic carboxylic acids is 1. The summed E-state index contributed by atoms with van der Waals surface area (Å²) in [7, 11) is 0. The van der Waals surface area contributed by atoms with Gasteiger partial charge >= 0.3 is 5.97 Å². The number of hydrogen-bond acceptors (Lipinski definition) is 4. The summed E-state index contributed by atoms with van der Waals surface area (Å²) >= 11 is 0. The quantitative estimate of drug-likeness (QED) is 0.942. The third-order valence-corrected chi connectivity index (χ3v) is 3.78. The molecular weight excluding hydrogens is 284 g/mol. The number of carboxylic acid groups (broad SMARTS) is 1. The highest BCUT2D eigenvalue weighted by Crippen LogP contribution is 2.26. The minimum Gasteiger partial charge on any atom is -0.478 e. The fourth-order valence-electron chi connectivity index (χ4n) is 2.50. The number of benzene rings is 1. The predicted molar refractivity (Wildman–Crippen MR) is 77.6 cm³/mol. The second kappa shape index (κ2) is 5.29. The Hall–Kier alpha value is -2.63. The number of rotatable bonds is 3. The van der Waals surface area contributed by atoms with Gasteiger partial charge in [-0.2, -0.15) is 0 Å². The van der Waals surface area contributed by atoms with Crippen LogP contribution in [0.2, 0.25) is 0 Å². The van der Waals surface area contributed by atoms with Crippen molar-refractivity contribution in [3.63, 3.8) is 0 Å². The summed E-state index contributed by atoms with van der Waals surface area (Å²) in [4.78, 5) is 25.1. The number of aromatic nitrogens is 1. The van der Waals surface area contributed by atoms with E-state index in [0.29, 0.717) is 18.8 Å². The summed E-state index contributed by atoms with van der Waals surface area (Å²) in [5.74, 6) is -0.328. The molecule has 0 aliphatic carbocycles. The third-order valence-electron chi connectivity index (χ3n) is 3.78. The molecule has 1 amide bonds. The van der Waals surface area contributed by atoms with Crippen molar-refractivity contribution in [1.82, 2.24) is 10.1 Å². The van der Waals surface area contributed by atoms with E-state index < -0.39 is 5.97 Å². The second-order valence-electron chi connectivity index (χ2n) is 5.72. The molecule has 0 unspecified atom stereocenters. The molecule has 114 valence electrons. The van der Waals surface area contributed by atoms with Crippen molar-refractivity contribution in [3.8, 4) is 0 Å². The monoisotopic (exact) mass is 300 g/mol. The molecule has 0 spiro atoms. The van der Waals surface area contributed by atoms with E-state index in [2.05, 4.69) is 5.16 Å². The number of carbonyl (C=O) groups excluding carboxylic acids is 1. The number of carboxylic acids is 1. The van der Waals surface area contributed by atoms with Gasteiger partial charge in [-0.05, 0) is 23.3 Å². The van der Waals surface area contributed by atoms with E-state index in [-0.39, 0.29) is 23.1 Å². The minimum absolute atomic E-state index is 0.169. The molecule has 2 heterocycles. The number of carbonyl (C=O) groups is 2. The molecular formula is C16H16N2O4. The van der Waals surface area contributed by atoms with E-state index >= 15 is 0 Å². The van der Waals surface area contributed by atoms with Crippen LogP contribution >= 0.6 is 0 Å². The molecule has 1 aliphatic heterocycles. The van der Waals surface area contributed by atoms with Crippen molar-refractivity contribution in [2.75, 3.05) is 0 Å². The lowest BCUT2D eigenvalue weighted by atomic mass is 10.1. The van der Waals surface area contributed by atoms with Crippen LogP contribution in [0.3, 0.4) is 0 Å². The largest absolute Gasteiger partial charge is 0.478 e. The molecule has 0 atom stereocenters. The molecule has 1 N–H and O–H groups in total. The molecule has 0 saturated heterocycles. The lowest BCUT2D eigenvalue weighted by Crippen LogP contribution is -2.25. The minimum atomic E-state index is -0.967. The van der Waals surface area contributed by atoms with Gasteiger partial charge in [0.2, 0.25) is 0 Å². The highest BCUT2D eigenvalue weighted by molar-refractivity contribution is 5.93. The molecule has 0 fully saturated rings. The maximum Gasteiger partial charge on any atom is 0.335 e. The first-order valence-corrected chi connectivity index (χ1v) is 7.06. The molecule has 6 heteroatoms. The zero-order valence-electron chi connectivity index (χ0n) is 12.4. The van der Waals surface area contributed by atoms with Crippen molar-refractivity contribution < 1.29 is 19.2 Å². The van der Waals surface area contributed by atoms with Crippen LogP contribution in [0.25, 0.3) is 0 Å². The Balaban J connectivity index is 1.79. The van der Waals surface area contributed by atoms with Crippen molar-refractivity contribution in [2.45, 2.75) is 32.9 Å². The van der Waals surface area contributed by atoms with Gasteiger partial charge in [-0.3, -0.25) is 4.79 Å². The summed E-state index contributed by atoms with van der Waals surface area (Å²) in [5, 5.41) is 12.9. The highest BCUT2D eigenvalue weighted by atomic mass is 16.5. The number of amides is 1. The zero-order valence-corrected chi connectivity index (χ0v) is 12.4. The van der Waals surface area contributed by atoms with Crippen molar-refractivity contribution in [1.29, 1.82) is 0 Å². The van der Waals surface area contributed by atoms with Crippen LogP contribution in [0.15, 0.2) is 28.8 Å². The van der Waals surface area contributed by atoms with E-state index in [1.54, 1.807) is 29.2 Å². The summed E-state index contributed by atoms with van der Waals surface area (Å²) in [6.07, 6.45) is 0. The van der Waals surface area contributed by atoms with Crippen LogP contribution in [-0.4, -0.2) is 27.0 Å². The normalized spacial score (nSPS) is 13.5.